The highest BCUT2D eigenvalue weighted by atomic mass is 16.5. The van der Waals surface area contributed by atoms with Crippen LogP contribution in [-0.4, -0.2) is 42.8 Å². The van der Waals surface area contributed by atoms with Gasteiger partial charge in [0.25, 0.3) is 0 Å². The lowest BCUT2D eigenvalue weighted by molar-refractivity contribution is -0.0478. The summed E-state index contributed by atoms with van der Waals surface area (Å²) in [6, 6.07) is 0.844. The third kappa shape index (κ3) is 2.45. The van der Waals surface area contributed by atoms with Crippen molar-refractivity contribution in [3.63, 3.8) is 0 Å². The second kappa shape index (κ2) is 5.71. The van der Waals surface area contributed by atoms with E-state index in [1.165, 1.54) is 64.3 Å². The molecule has 2 aliphatic carbocycles. The molecule has 3 rings (SSSR count). The number of fused-ring (bicyclic) bond motifs is 1. The van der Waals surface area contributed by atoms with Crippen LogP contribution in [0.5, 0.6) is 0 Å². The Kier molecular flexibility index (Phi) is 4.16. The number of likely N-dealkylation sites (tertiary alicyclic amines) is 1. The lowest BCUT2D eigenvalue weighted by atomic mass is 9.76. The van der Waals surface area contributed by atoms with E-state index in [-0.39, 0.29) is 0 Å². The Bertz CT molecular complexity index is 299. The molecule has 19 heavy (non-hydrogen) atoms. The van der Waals surface area contributed by atoms with Crippen LogP contribution in [0.15, 0.2) is 0 Å². The first-order valence-corrected chi connectivity index (χ1v) is 8.29. The first kappa shape index (κ1) is 13.8. The van der Waals surface area contributed by atoms with Gasteiger partial charge in [-0.2, -0.15) is 0 Å². The molecule has 0 radical (unpaired) electrons. The summed E-state index contributed by atoms with van der Waals surface area (Å²) in [5.41, 5.74) is 6.55. The van der Waals surface area contributed by atoms with Crippen molar-refractivity contribution >= 4 is 0 Å². The van der Waals surface area contributed by atoms with E-state index in [4.69, 9.17) is 10.5 Å². The Balaban J connectivity index is 1.74. The fourth-order valence-corrected chi connectivity index (χ4v) is 5.02. The van der Waals surface area contributed by atoms with Crippen LogP contribution < -0.4 is 5.73 Å². The van der Waals surface area contributed by atoms with Crippen molar-refractivity contribution in [2.45, 2.75) is 75.5 Å². The van der Waals surface area contributed by atoms with E-state index in [0.717, 1.165) is 18.5 Å². The molecule has 110 valence electrons. The Morgan fingerprint density at radius 1 is 1.11 bits per heavy atom. The van der Waals surface area contributed by atoms with Gasteiger partial charge in [0.1, 0.15) is 0 Å². The number of nitrogens with two attached hydrogens (primary N) is 1. The van der Waals surface area contributed by atoms with Crippen LogP contribution in [0.3, 0.4) is 0 Å². The zero-order valence-corrected chi connectivity index (χ0v) is 12.4. The molecule has 0 aromatic heterocycles. The number of nitrogens with zero attached hydrogens (tertiary/aromatic N) is 1. The molecule has 2 atom stereocenters. The lowest BCUT2D eigenvalue weighted by Crippen LogP contribution is -2.62. The van der Waals surface area contributed by atoms with Crippen molar-refractivity contribution in [1.29, 1.82) is 0 Å². The lowest BCUT2D eigenvalue weighted by Gasteiger charge is -2.53. The second-order valence-electron chi connectivity index (χ2n) is 6.96. The molecule has 3 fully saturated rings. The quantitative estimate of drug-likeness (QED) is 0.853. The first-order valence-electron chi connectivity index (χ1n) is 8.29. The van der Waals surface area contributed by atoms with Crippen molar-refractivity contribution in [3.05, 3.63) is 0 Å². The Hall–Kier alpha value is -0.120. The minimum Gasteiger partial charge on any atom is -0.381 e. The number of hydrogen-bond acceptors (Lipinski definition) is 3. The van der Waals surface area contributed by atoms with Crippen molar-refractivity contribution in [2.24, 2.45) is 11.7 Å². The molecule has 0 aromatic carbocycles. The molecule has 3 heteroatoms. The van der Waals surface area contributed by atoms with Crippen LogP contribution in [0.2, 0.25) is 0 Å². The molecule has 0 amide bonds. The number of piperidine rings is 1. The average Bonchev–Trinajstić information content (AvgIpc) is 2.95. The maximum Gasteiger partial charge on any atom is 0.0572 e. The smallest absolute Gasteiger partial charge is 0.0572 e. The molecule has 1 heterocycles. The van der Waals surface area contributed by atoms with E-state index in [2.05, 4.69) is 4.90 Å². The van der Waals surface area contributed by atoms with Gasteiger partial charge in [-0.25, -0.2) is 0 Å². The van der Waals surface area contributed by atoms with E-state index in [9.17, 15) is 0 Å². The van der Waals surface area contributed by atoms with Crippen LogP contribution in [0.4, 0.5) is 0 Å². The van der Waals surface area contributed by atoms with E-state index in [1.54, 1.807) is 0 Å². The van der Waals surface area contributed by atoms with Gasteiger partial charge in [-0.15, -0.1) is 0 Å². The van der Waals surface area contributed by atoms with Gasteiger partial charge in [-0.1, -0.05) is 6.42 Å². The van der Waals surface area contributed by atoms with E-state index >= 15 is 0 Å². The standard InChI is InChI=1S/C16H30N2O/c1-19-14-7-9-16(12-17,10-8-14)18-11-3-5-13-4-2-6-15(13)18/h13-15H,2-12,17H2,1H3. The van der Waals surface area contributed by atoms with Gasteiger partial charge in [0.2, 0.25) is 0 Å². The highest BCUT2D eigenvalue weighted by Crippen LogP contribution is 2.44. The minimum atomic E-state index is 0.294. The van der Waals surface area contributed by atoms with Crippen molar-refractivity contribution in [2.75, 3.05) is 20.2 Å². The number of methoxy groups -OCH3 is 1. The largest absolute Gasteiger partial charge is 0.381 e. The van der Waals surface area contributed by atoms with E-state index < -0.39 is 0 Å². The van der Waals surface area contributed by atoms with Crippen molar-refractivity contribution in [3.8, 4) is 0 Å². The highest BCUT2D eigenvalue weighted by molar-refractivity contribution is 5.02. The summed E-state index contributed by atoms with van der Waals surface area (Å²) in [7, 11) is 1.86. The molecule has 0 spiro atoms. The minimum absolute atomic E-state index is 0.294. The van der Waals surface area contributed by atoms with E-state index in [1.807, 2.05) is 7.11 Å². The summed E-state index contributed by atoms with van der Waals surface area (Å²) in [6.45, 7) is 2.13. The molecule has 2 unspecified atom stereocenters. The number of rotatable bonds is 3. The summed E-state index contributed by atoms with van der Waals surface area (Å²) >= 11 is 0. The normalized spacial score (nSPS) is 44.2. The maximum absolute atomic E-state index is 6.26. The monoisotopic (exact) mass is 266 g/mol. The number of hydrogen-bond donors (Lipinski definition) is 1. The van der Waals surface area contributed by atoms with Gasteiger partial charge in [-0.3, -0.25) is 4.90 Å². The summed E-state index contributed by atoms with van der Waals surface area (Å²) in [4.78, 5) is 2.85. The van der Waals surface area contributed by atoms with Crippen molar-refractivity contribution in [1.82, 2.24) is 4.90 Å². The number of ether oxygens (including phenoxy) is 1. The highest BCUT2D eigenvalue weighted by Gasteiger charge is 2.46. The van der Waals surface area contributed by atoms with Crippen LogP contribution in [0.25, 0.3) is 0 Å². The van der Waals surface area contributed by atoms with E-state index in [0.29, 0.717) is 11.6 Å². The summed E-state index contributed by atoms with van der Waals surface area (Å²) in [6.07, 6.45) is 12.5. The molecule has 2 N–H and O–H groups in total. The molecule has 3 aliphatic rings. The Morgan fingerprint density at radius 3 is 2.53 bits per heavy atom. The maximum atomic E-state index is 6.26. The summed E-state index contributed by atoms with van der Waals surface area (Å²) in [5, 5.41) is 0. The summed E-state index contributed by atoms with van der Waals surface area (Å²) < 4.78 is 5.54. The average molecular weight is 266 g/mol. The fraction of sp³-hybridized carbons (Fsp3) is 1.00. The SMILES string of the molecule is COC1CCC(CN)(N2CCCC3CCCC32)CC1. The third-order valence-corrected chi connectivity index (χ3v) is 6.18. The van der Waals surface area contributed by atoms with Gasteiger partial charge >= 0.3 is 0 Å². The zero-order valence-electron chi connectivity index (χ0n) is 12.4. The first-order chi connectivity index (χ1) is 9.29. The van der Waals surface area contributed by atoms with Gasteiger partial charge in [0.05, 0.1) is 6.10 Å². The topological polar surface area (TPSA) is 38.5 Å². The van der Waals surface area contributed by atoms with Crippen LogP contribution >= 0.6 is 0 Å². The molecule has 1 saturated heterocycles. The van der Waals surface area contributed by atoms with Crippen LogP contribution in [-0.2, 0) is 4.74 Å². The predicted molar refractivity (Wildman–Crippen MR) is 78.1 cm³/mol. The van der Waals surface area contributed by atoms with Gasteiger partial charge in [0.15, 0.2) is 0 Å². The summed E-state index contributed by atoms with van der Waals surface area (Å²) in [5.74, 6) is 0.970. The van der Waals surface area contributed by atoms with Crippen LogP contribution in [0.1, 0.15) is 57.8 Å². The molecular weight excluding hydrogens is 236 g/mol. The Labute approximate surface area is 117 Å². The van der Waals surface area contributed by atoms with Gasteiger partial charge < -0.3 is 10.5 Å². The zero-order chi connectivity index (χ0) is 13.3. The molecule has 0 aromatic rings. The molecule has 2 saturated carbocycles. The molecule has 1 aliphatic heterocycles. The van der Waals surface area contributed by atoms with Gasteiger partial charge in [0, 0.05) is 25.2 Å². The van der Waals surface area contributed by atoms with Gasteiger partial charge in [-0.05, 0) is 63.8 Å². The van der Waals surface area contributed by atoms with Crippen LogP contribution in [0, 0.1) is 5.92 Å². The Morgan fingerprint density at radius 2 is 1.84 bits per heavy atom. The predicted octanol–water partition coefficient (Wildman–Crippen LogP) is 2.54. The molecule has 3 nitrogen and oxygen atoms in total. The molecule has 0 bridgehead atoms. The molecular formula is C16H30N2O. The fourth-order valence-electron chi connectivity index (χ4n) is 5.02. The third-order valence-electron chi connectivity index (χ3n) is 6.18. The second-order valence-corrected chi connectivity index (χ2v) is 6.96. The van der Waals surface area contributed by atoms with Crippen molar-refractivity contribution < 1.29 is 4.74 Å².